The summed E-state index contributed by atoms with van der Waals surface area (Å²) in [7, 11) is 0. The average Bonchev–Trinajstić information content (AvgIpc) is 2.32. The molecule has 3 nitrogen and oxygen atoms in total. The highest BCUT2D eigenvalue weighted by Crippen LogP contribution is 2.27. The zero-order valence-electron chi connectivity index (χ0n) is 8.80. The molecule has 0 amide bonds. The molecule has 0 aliphatic heterocycles. The van der Waals surface area contributed by atoms with E-state index in [0.29, 0.717) is 0 Å². The van der Waals surface area contributed by atoms with Crippen LogP contribution in [0, 0.1) is 0 Å². The van der Waals surface area contributed by atoms with Crippen molar-refractivity contribution in [1.29, 1.82) is 0 Å². The molecule has 0 radical (unpaired) electrons. The summed E-state index contributed by atoms with van der Waals surface area (Å²) in [5.41, 5.74) is 14.9. The molecule has 2 atom stereocenters. The van der Waals surface area contributed by atoms with E-state index < -0.39 is 0 Å². The molecule has 1 aliphatic rings. The van der Waals surface area contributed by atoms with Gasteiger partial charge in [0.05, 0.1) is 17.3 Å². The van der Waals surface area contributed by atoms with Crippen molar-refractivity contribution in [1.82, 2.24) is 4.98 Å². The van der Waals surface area contributed by atoms with Crippen LogP contribution in [-0.4, -0.2) is 11.0 Å². The van der Waals surface area contributed by atoms with Crippen LogP contribution >= 0.6 is 0 Å². The van der Waals surface area contributed by atoms with Crippen LogP contribution in [0.15, 0.2) is 36.4 Å². The Morgan fingerprint density at radius 1 is 1.12 bits per heavy atom. The fourth-order valence-electron chi connectivity index (χ4n) is 2.08. The van der Waals surface area contributed by atoms with Crippen molar-refractivity contribution >= 4 is 17.0 Å². The van der Waals surface area contributed by atoms with Crippen LogP contribution in [0.1, 0.15) is 17.3 Å². The van der Waals surface area contributed by atoms with Gasteiger partial charge in [0.2, 0.25) is 0 Å². The Hall–Kier alpha value is -1.71. The minimum absolute atomic E-state index is 0.115. The number of aromatic nitrogens is 1. The molecule has 0 saturated carbocycles. The van der Waals surface area contributed by atoms with E-state index in [9.17, 15) is 0 Å². The number of nitrogens with two attached hydrogens (primary N) is 2. The van der Waals surface area contributed by atoms with Gasteiger partial charge in [-0.2, -0.15) is 0 Å². The summed E-state index contributed by atoms with van der Waals surface area (Å²) < 4.78 is 0. The predicted molar refractivity (Wildman–Crippen MR) is 65.7 cm³/mol. The molecule has 0 bridgehead atoms. The maximum Gasteiger partial charge on any atom is 0.0709 e. The summed E-state index contributed by atoms with van der Waals surface area (Å²) in [5, 5.41) is 1.11. The standard InChI is InChI=1S/C13H13N3/c14-10-5-6-12-9(13(10)15)7-8-3-1-2-4-11(8)16-12/h1-7,10,13H,14-15H2. The Balaban J connectivity index is 2.29. The molecule has 4 N–H and O–H groups in total. The Morgan fingerprint density at radius 2 is 1.94 bits per heavy atom. The fourth-order valence-corrected chi connectivity index (χ4v) is 2.08. The normalized spacial score (nSPS) is 23.4. The molecule has 1 heterocycles. The summed E-state index contributed by atoms with van der Waals surface area (Å²) >= 11 is 0. The number of nitrogens with zero attached hydrogens (tertiary/aromatic N) is 1. The zero-order chi connectivity index (χ0) is 11.1. The van der Waals surface area contributed by atoms with Crippen LogP contribution in [0.2, 0.25) is 0 Å². The van der Waals surface area contributed by atoms with Gasteiger partial charge in [0, 0.05) is 11.4 Å². The van der Waals surface area contributed by atoms with Crippen LogP contribution in [0.25, 0.3) is 17.0 Å². The smallest absolute Gasteiger partial charge is 0.0709 e. The molecule has 3 rings (SSSR count). The van der Waals surface area contributed by atoms with Crippen molar-refractivity contribution in [3.8, 4) is 0 Å². The summed E-state index contributed by atoms with van der Waals surface area (Å²) in [4.78, 5) is 4.58. The molecule has 2 aromatic rings. The lowest BCUT2D eigenvalue weighted by Gasteiger charge is -2.23. The van der Waals surface area contributed by atoms with Crippen molar-refractivity contribution in [2.24, 2.45) is 11.5 Å². The third-order valence-electron chi connectivity index (χ3n) is 3.03. The highest BCUT2D eigenvalue weighted by atomic mass is 14.8. The molecule has 80 valence electrons. The number of hydrogen-bond acceptors (Lipinski definition) is 3. The van der Waals surface area contributed by atoms with Gasteiger partial charge in [-0.25, -0.2) is 4.98 Å². The molecule has 1 aliphatic carbocycles. The van der Waals surface area contributed by atoms with Crippen molar-refractivity contribution in [2.45, 2.75) is 12.1 Å². The lowest BCUT2D eigenvalue weighted by molar-refractivity contribution is 0.627. The summed E-state index contributed by atoms with van der Waals surface area (Å²) in [5.74, 6) is 0. The molecule has 0 saturated heterocycles. The topological polar surface area (TPSA) is 64.9 Å². The third kappa shape index (κ3) is 1.33. The van der Waals surface area contributed by atoms with E-state index in [1.54, 1.807) is 0 Å². The highest BCUT2D eigenvalue weighted by molar-refractivity contribution is 5.81. The van der Waals surface area contributed by atoms with E-state index in [-0.39, 0.29) is 12.1 Å². The maximum absolute atomic E-state index is 6.06. The molecule has 1 aromatic heterocycles. The predicted octanol–water partition coefficient (Wildman–Crippen LogP) is 1.59. The summed E-state index contributed by atoms with van der Waals surface area (Å²) in [6, 6.07) is 9.85. The number of hydrogen-bond donors (Lipinski definition) is 2. The third-order valence-corrected chi connectivity index (χ3v) is 3.03. The second kappa shape index (κ2) is 3.40. The maximum atomic E-state index is 6.06. The van der Waals surface area contributed by atoms with Gasteiger partial charge in [0.25, 0.3) is 0 Å². The lowest BCUT2D eigenvalue weighted by atomic mass is 9.92. The molecule has 2 unspecified atom stereocenters. The van der Waals surface area contributed by atoms with Gasteiger partial charge < -0.3 is 11.5 Å². The minimum atomic E-state index is -0.155. The van der Waals surface area contributed by atoms with Gasteiger partial charge in [0.15, 0.2) is 0 Å². The van der Waals surface area contributed by atoms with Crippen molar-refractivity contribution in [3.63, 3.8) is 0 Å². The first kappa shape index (κ1) is 9.51. The van der Waals surface area contributed by atoms with Gasteiger partial charge in [0.1, 0.15) is 0 Å². The van der Waals surface area contributed by atoms with Crippen molar-refractivity contribution < 1.29 is 0 Å². The molecule has 3 heteroatoms. The van der Waals surface area contributed by atoms with Crippen LogP contribution in [0.3, 0.4) is 0 Å². The Labute approximate surface area is 93.8 Å². The van der Waals surface area contributed by atoms with E-state index >= 15 is 0 Å². The van der Waals surface area contributed by atoms with E-state index in [0.717, 1.165) is 22.2 Å². The van der Waals surface area contributed by atoms with Crippen molar-refractivity contribution in [2.75, 3.05) is 0 Å². The van der Waals surface area contributed by atoms with Crippen molar-refractivity contribution in [3.05, 3.63) is 47.7 Å². The number of fused-ring (bicyclic) bond motifs is 2. The Morgan fingerprint density at radius 3 is 2.81 bits per heavy atom. The quantitative estimate of drug-likeness (QED) is 0.695. The van der Waals surface area contributed by atoms with Gasteiger partial charge in [-0.15, -0.1) is 0 Å². The van der Waals surface area contributed by atoms with Gasteiger partial charge in [-0.05, 0) is 23.8 Å². The second-order valence-corrected chi connectivity index (χ2v) is 4.12. The lowest BCUT2D eigenvalue weighted by Crippen LogP contribution is -2.34. The van der Waals surface area contributed by atoms with E-state index in [1.807, 2.05) is 36.4 Å². The molecule has 1 aromatic carbocycles. The van der Waals surface area contributed by atoms with Crippen LogP contribution < -0.4 is 11.5 Å². The van der Waals surface area contributed by atoms with E-state index in [1.165, 1.54) is 0 Å². The second-order valence-electron chi connectivity index (χ2n) is 4.12. The first-order chi connectivity index (χ1) is 7.75. The molecule has 0 spiro atoms. The molecule has 0 fully saturated rings. The first-order valence-electron chi connectivity index (χ1n) is 5.35. The number of benzene rings is 1. The largest absolute Gasteiger partial charge is 0.323 e. The number of pyridine rings is 1. The van der Waals surface area contributed by atoms with Gasteiger partial charge in [-0.1, -0.05) is 24.3 Å². The SMILES string of the molecule is NC1C=Cc2nc3ccccc3cc2C1N. The molecular formula is C13H13N3. The Kier molecular flexibility index (Phi) is 2.02. The summed E-state index contributed by atoms with van der Waals surface area (Å²) in [6.07, 6.45) is 3.87. The highest BCUT2D eigenvalue weighted by Gasteiger charge is 2.20. The Bertz CT molecular complexity index is 574. The van der Waals surface area contributed by atoms with Gasteiger partial charge in [-0.3, -0.25) is 0 Å². The van der Waals surface area contributed by atoms with Crippen LogP contribution in [0.5, 0.6) is 0 Å². The molecule has 16 heavy (non-hydrogen) atoms. The monoisotopic (exact) mass is 211 g/mol. The number of para-hydroxylation sites is 1. The van der Waals surface area contributed by atoms with E-state index in [4.69, 9.17) is 11.5 Å². The first-order valence-corrected chi connectivity index (χ1v) is 5.35. The summed E-state index contributed by atoms with van der Waals surface area (Å²) in [6.45, 7) is 0. The van der Waals surface area contributed by atoms with E-state index in [2.05, 4.69) is 11.1 Å². The molecular weight excluding hydrogens is 198 g/mol. The number of rotatable bonds is 0. The van der Waals surface area contributed by atoms with Crippen LogP contribution in [0.4, 0.5) is 0 Å². The fraction of sp³-hybridized carbons (Fsp3) is 0.154. The van der Waals surface area contributed by atoms with Gasteiger partial charge >= 0.3 is 0 Å². The average molecular weight is 211 g/mol. The minimum Gasteiger partial charge on any atom is -0.323 e. The zero-order valence-corrected chi connectivity index (χ0v) is 8.80. The van der Waals surface area contributed by atoms with Crippen LogP contribution in [-0.2, 0) is 0 Å².